The van der Waals surface area contributed by atoms with E-state index in [1.54, 1.807) is 17.8 Å². The van der Waals surface area contributed by atoms with E-state index < -0.39 is 0 Å². The maximum Gasteiger partial charge on any atom is 0.283 e. The maximum atomic E-state index is 11.3. The number of benzene rings is 1. The Hall–Kier alpha value is -1.03. The molecule has 0 aliphatic heterocycles. The van der Waals surface area contributed by atoms with Crippen LogP contribution < -0.4 is 0 Å². The van der Waals surface area contributed by atoms with Gasteiger partial charge in [0, 0.05) is 11.3 Å². The second-order valence-corrected chi connectivity index (χ2v) is 7.91. The molecule has 0 heterocycles. The number of nitrogens with zero attached hydrogens (tertiary/aromatic N) is 1. The zero-order valence-corrected chi connectivity index (χ0v) is 13.3. The molecule has 1 saturated carbocycles. The molecule has 1 aliphatic rings. The average molecular weight is 293 g/mol. The quantitative estimate of drug-likeness (QED) is 0.559. The van der Waals surface area contributed by atoms with Crippen LogP contribution in [0.25, 0.3) is 0 Å². The van der Waals surface area contributed by atoms with Gasteiger partial charge in [-0.05, 0) is 29.9 Å². The minimum atomic E-state index is -0.236. The maximum absolute atomic E-state index is 11.3. The van der Waals surface area contributed by atoms with E-state index in [4.69, 9.17) is 0 Å². The third kappa shape index (κ3) is 3.75. The molecule has 0 unspecified atom stereocenters. The molecule has 0 bridgehead atoms. The van der Waals surface area contributed by atoms with E-state index in [1.165, 1.54) is 32.1 Å². The normalized spacial score (nSPS) is 17.1. The molecule has 3 nitrogen and oxygen atoms in total. The lowest BCUT2D eigenvalue weighted by molar-refractivity contribution is -0.387. The molecule has 110 valence electrons. The molecule has 1 fully saturated rings. The highest BCUT2D eigenvalue weighted by atomic mass is 32.2. The second kappa shape index (κ2) is 6.17. The van der Waals surface area contributed by atoms with Gasteiger partial charge < -0.3 is 0 Å². The van der Waals surface area contributed by atoms with Crippen molar-refractivity contribution in [2.75, 3.05) is 0 Å². The highest BCUT2D eigenvalue weighted by molar-refractivity contribution is 8.00. The van der Waals surface area contributed by atoms with Crippen LogP contribution >= 0.6 is 11.8 Å². The van der Waals surface area contributed by atoms with Gasteiger partial charge in [0.25, 0.3) is 5.69 Å². The third-order valence-electron chi connectivity index (χ3n) is 3.87. The molecule has 0 spiro atoms. The summed E-state index contributed by atoms with van der Waals surface area (Å²) in [6.07, 6.45) is 6.19. The van der Waals surface area contributed by atoms with Gasteiger partial charge in [-0.1, -0.05) is 46.1 Å². The Morgan fingerprint density at radius 2 is 1.85 bits per heavy atom. The van der Waals surface area contributed by atoms with Gasteiger partial charge in [0.2, 0.25) is 0 Å². The molecule has 0 amide bonds. The van der Waals surface area contributed by atoms with Crippen LogP contribution in [0, 0.1) is 10.1 Å². The lowest BCUT2D eigenvalue weighted by Gasteiger charge is -2.22. The minimum absolute atomic E-state index is 0.0568. The Bertz CT molecular complexity index is 488. The van der Waals surface area contributed by atoms with E-state index in [0.717, 1.165) is 10.5 Å². The highest BCUT2D eigenvalue weighted by Crippen LogP contribution is 2.39. The lowest BCUT2D eigenvalue weighted by atomic mass is 9.87. The summed E-state index contributed by atoms with van der Waals surface area (Å²) >= 11 is 1.70. The molecule has 2 rings (SSSR count). The van der Waals surface area contributed by atoms with Crippen LogP contribution in [0.4, 0.5) is 5.69 Å². The number of rotatable bonds is 3. The van der Waals surface area contributed by atoms with E-state index in [-0.39, 0.29) is 16.0 Å². The molecule has 1 aromatic rings. The van der Waals surface area contributed by atoms with Gasteiger partial charge in [-0.2, -0.15) is 0 Å². The van der Waals surface area contributed by atoms with Crippen LogP contribution in [-0.2, 0) is 5.41 Å². The minimum Gasteiger partial charge on any atom is -0.258 e. The SMILES string of the molecule is CC(C)(C)c1ccc(SC2CCCCC2)c([N+](=O)[O-])c1. The van der Waals surface area contributed by atoms with Crippen LogP contribution in [0.3, 0.4) is 0 Å². The summed E-state index contributed by atoms with van der Waals surface area (Å²) in [7, 11) is 0. The molecule has 4 heteroatoms. The Balaban J connectivity index is 2.25. The molecule has 0 saturated heterocycles. The second-order valence-electron chi connectivity index (χ2n) is 6.57. The van der Waals surface area contributed by atoms with Crippen molar-refractivity contribution in [1.82, 2.24) is 0 Å². The Morgan fingerprint density at radius 1 is 1.20 bits per heavy atom. The molecule has 0 N–H and O–H groups in total. The molecular weight excluding hydrogens is 270 g/mol. The molecular formula is C16H23NO2S. The van der Waals surface area contributed by atoms with E-state index in [9.17, 15) is 10.1 Å². The van der Waals surface area contributed by atoms with Crippen LogP contribution in [0.1, 0.15) is 58.4 Å². The predicted octanol–water partition coefficient (Wildman–Crippen LogP) is 5.32. The molecule has 1 aliphatic carbocycles. The summed E-state index contributed by atoms with van der Waals surface area (Å²) < 4.78 is 0. The largest absolute Gasteiger partial charge is 0.283 e. The Labute approximate surface area is 125 Å². The lowest BCUT2D eigenvalue weighted by Crippen LogP contribution is -2.12. The van der Waals surface area contributed by atoms with Crippen molar-refractivity contribution in [2.24, 2.45) is 0 Å². The zero-order chi connectivity index (χ0) is 14.8. The highest BCUT2D eigenvalue weighted by Gasteiger charge is 2.23. The molecule has 1 aromatic carbocycles. The van der Waals surface area contributed by atoms with Gasteiger partial charge in [-0.3, -0.25) is 10.1 Å². The van der Waals surface area contributed by atoms with Gasteiger partial charge in [-0.25, -0.2) is 0 Å². The van der Waals surface area contributed by atoms with Crippen LogP contribution in [0.2, 0.25) is 0 Å². The van der Waals surface area contributed by atoms with Gasteiger partial charge in [0.1, 0.15) is 0 Å². The topological polar surface area (TPSA) is 43.1 Å². The number of nitro groups is 1. The van der Waals surface area contributed by atoms with Crippen molar-refractivity contribution in [1.29, 1.82) is 0 Å². The Morgan fingerprint density at radius 3 is 2.40 bits per heavy atom. The van der Waals surface area contributed by atoms with E-state index >= 15 is 0 Å². The smallest absolute Gasteiger partial charge is 0.258 e. The van der Waals surface area contributed by atoms with Crippen LogP contribution in [0.15, 0.2) is 23.1 Å². The predicted molar refractivity (Wildman–Crippen MR) is 84.5 cm³/mol. The third-order valence-corrected chi connectivity index (χ3v) is 5.27. The zero-order valence-electron chi connectivity index (χ0n) is 12.5. The van der Waals surface area contributed by atoms with E-state index in [2.05, 4.69) is 20.8 Å². The first kappa shape index (κ1) is 15.4. The standard InChI is InChI=1S/C16H23NO2S/c1-16(2,3)12-9-10-15(14(11-12)17(18)19)20-13-7-5-4-6-8-13/h9-11,13H,4-8H2,1-3H3. The first-order chi connectivity index (χ1) is 9.38. The van der Waals surface area contributed by atoms with Crippen molar-refractivity contribution in [2.45, 2.75) is 68.4 Å². The number of nitro benzene ring substituents is 1. The molecule has 20 heavy (non-hydrogen) atoms. The van der Waals surface area contributed by atoms with Crippen LogP contribution in [0.5, 0.6) is 0 Å². The fraction of sp³-hybridized carbons (Fsp3) is 0.625. The van der Waals surface area contributed by atoms with Gasteiger partial charge in [0.15, 0.2) is 0 Å². The van der Waals surface area contributed by atoms with Crippen molar-refractivity contribution in [3.8, 4) is 0 Å². The summed E-state index contributed by atoms with van der Waals surface area (Å²) in [5.41, 5.74) is 1.24. The number of hydrogen-bond acceptors (Lipinski definition) is 3. The van der Waals surface area contributed by atoms with Gasteiger partial charge in [0.05, 0.1) is 9.82 Å². The van der Waals surface area contributed by atoms with Gasteiger partial charge in [-0.15, -0.1) is 11.8 Å². The van der Waals surface area contributed by atoms with Gasteiger partial charge >= 0.3 is 0 Å². The monoisotopic (exact) mass is 293 g/mol. The summed E-state index contributed by atoms with van der Waals surface area (Å²) in [6.45, 7) is 6.25. The van der Waals surface area contributed by atoms with Crippen molar-refractivity contribution >= 4 is 17.4 Å². The summed E-state index contributed by atoms with van der Waals surface area (Å²) in [4.78, 5) is 11.9. The van der Waals surface area contributed by atoms with E-state index in [1.807, 2.05) is 12.1 Å². The summed E-state index contributed by atoms with van der Waals surface area (Å²) in [5, 5.41) is 11.9. The van der Waals surface area contributed by atoms with E-state index in [0.29, 0.717) is 5.25 Å². The summed E-state index contributed by atoms with van der Waals surface area (Å²) in [6, 6.07) is 5.74. The van der Waals surface area contributed by atoms with Crippen molar-refractivity contribution in [3.05, 3.63) is 33.9 Å². The van der Waals surface area contributed by atoms with Crippen LogP contribution in [-0.4, -0.2) is 10.2 Å². The number of thioether (sulfide) groups is 1. The van der Waals surface area contributed by atoms with Crippen molar-refractivity contribution in [3.63, 3.8) is 0 Å². The average Bonchev–Trinajstić information content (AvgIpc) is 2.38. The molecule has 0 atom stereocenters. The first-order valence-electron chi connectivity index (χ1n) is 7.33. The molecule has 0 radical (unpaired) electrons. The first-order valence-corrected chi connectivity index (χ1v) is 8.21. The fourth-order valence-electron chi connectivity index (χ4n) is 2.59. The Kier molecular flexibility index (Phi) is 4.74. The number of hydrogen-bond donors (Lipinski definition) is 0. The molecule has 0 aromatic heterocycles. The summed E-state index contributed by atoms with van der Waals surface area (Å²) in [5.74, 6) is 0. The fourth-order valence-corrected chi connectivity index (χ4v) is 3.92. The van der Waals surface area contributed by atoms with Crippen molar-refractivity contribution < 1.29 is 4.92 Å².